The number of rotatable bonds is 16. The molecule has 5 N–H and O–H groups in total. The van der Waals surface area contributed by atoms with E-state index in [9.17, 15) is 53.4 Å². The average Bonchev–Trinajstić information content (AvgIpc) is 0.888. The first-order chi connectivity index (χ1) is 43.5. The van der Waals surface area contributed by atoms with Gasteiger partial charge in [0.15, 0.2) is 5.78 Å². The number of esters is 2. The second kappa shape index (κ2) is 37.5. The topological polar surface area (TPSA) is 289 Å². The molecule has 4 aliphatic rings. The van der Waals surface area contributed by atoms with Crippen molar-refractivity contribution in [1.29, 1.82) is 0 Å². The average molecular weight is 1620 g/mol. The summed E-state index contributed by atoms with van der Waals surface area (Å²) in [6.45, 7) is 15.6. The Balaban J connectivity index is 1.31. The summed E-state index contributed by atoms with van der Waals surface area (Å²) in [6.07, 6.45) is 11.8. The third kappa shape index (κ3) is 21.7. The number of allylic oxidation sites excluding steroid dienone is 6. The van der Waals surface area contributed by atoms with Gasteiger partial charge in [0.25, 0.3) is 17.6 Å². The number of fused-ring (bicyclic) bond motifs is 3. The summed E-state index contributed by atoms with van der Waals surface area (Å²) in [5.41, 5.74) is 2.37. The molecule has 0 unspecified atom stereocenters. The molecule has 0 spiro atoms. The van der Waals surface area contributed by atoms with Crippen LogP contribution < -0.4 is 16.0 Å². The third-order valence-electron chi connectivity index (χ3n) is 18.2. The van der Waals surface area contributed by atoms with E-state index in [-0.39, 0.29) is 79.3 Å². The second-order valence-electron chi connectivity index (χ2n) is 25.5. The van der Waals surface area contributed by atoms with Crippen LogP contribution in [0, 0.1) is 46.2 Å². The van der Waals surface area contributed by atoms with E-state index in [2.05, 4.69) is 16.0 Å². The van der Waals surface area contributed by atoms with Crippen LogP contribution in [0.5, 0.6) is 0 Å². The summed E-state index contributed by atoms with van der Waals surface area (Å²) in [6, 6.07) is -1.21. The summed E-state index contributed by atoms with van der Waals surface area (Å²) in [5, 5.41) is 32.2. The fourth-order valence-electron chi connectivity index (χ4n) is 12.8. The van der Waals surface area contributed by atoms with Gasteiger partial charge < -0.3 is 59.5 Å². The molecule has 4 amide bonds. The lowest BCUT2D eigenvalue weighted by molar-refractivity contribution is -0.265. The van der Waals surface area contributed by atoms with Gasteiger partial charge in [-0.2, -0.15) is 0 Å². The Labute approximate surface area is 583 Å². The minimum atomic E-state index is -2.48. The standard InChI is InChI=1S/C68H97I3N4O17/c1-37-21-15-13-16-22-38(2)51(87-10)35-47-27-25-43(7)68(86,92-47)64(82)66(84)75-30-20-18-23-48(75)67(85)91-52(36-49(78)39(3)32-42(6)62(81)63(89-12)61(80)41(5)31-37)40(4)33-46-26-28-50(53(34-46)88-11)90-54(79)24-17-14-19-29-72-65(83)55-56(69)59(73-44(8)76)58(71)60(57(55)70)74-45(9)77/h13,15-16,21-22,32,37,39-41,43,46-48,50-53,62-63,81,86H,14,17-20,23-31,33-36H2,1-12H3,(H,72,83)(H,73,76)(H,74,77)/b16-13+,21-15+,38-22+,42-32+/t37-,39-,40-,41-,43-,46+,47+,48+,50-,51+,52+,53-,62-,63+,68-/m1/s1. The summed E-state index contributed by atoms with van der Waals surface area (Å²) < 4.78 is 37.7. The number of ether oxygens (including phenoxy) is 6. The Morgan fingerprint density at radius 3 is 2.09 bits per heavy atom. The molecule has 92 heavy (non-hydrogen) atoms. The second-order valence-corrected chi connectivity index (χ2v) is 28.8. The number of carbonyl (C=O) groups is 9. The minimum Gasteiger partial charge on any atom is -0.460 e. The molecule has 1 aromatic rings. The summed E-state index contributed by atoms with van der Waals surface area (Å²) >= 11 is 6.06. The van der Waals surface area contributed by atoms with E-state index < -0.39 is 95.9 Å². The molecule has 1 aliphatic carbocycles. The van der Waals surface area contributed by atoms with Crippen molar-refractivity contribution in [3.8, 4) is 0 Å². The Morgan fingerprint density at radius 2 is 1.46 bits per heavy atom. The van der Waals surface area contributed by atoms with Gasteiger partial charge in [0.05, 0.1) is 46.0 Å². The SMILES string of the molecule is CO[C@H]1C[C@@H]2CC[C@@H](C)[C@@](O)(O2)C(=O)C(=O)N2CCCC[C@H]2C(=O)O[C@H]([C@H](C)C[C@@H]2CC[C@@H](OC(=O)CCCCCNC(=O)c3c(I)c(NC(C)=O)c(I)c(NC(C)=O)c3I)[C@H](OC)C2)CC(=O)[C@H](C)/C=C(\C)[C@@H](O)[C@@H](OC)C(=O)[C@H](C)C[C@H](C)/C=C/C=C/C=C/1C. The van der Waals surface area contributed by atoms with Crippen LogP contribution in [0.4, 0.5) is 11.4 Å². The molecule has 1 saturated carbocycles. The molecule has 0 radical (unpaired) electrons. The van der Waals surface area contributed by atoms with Crippen LogP contribution in [0.1, 0.15) is 175 Å². The Morgan fingerprint density at radius 1 is 0.783 bits per heavy atom. The zero-order valence-corrected chi connectivity index (χ0v) is 61.8. The smallest absolute Gasteiger partial charge is 0.329 e. The first-order valence-electron chi connectivity index (χ1n) is 32.2. The number of hydrogen-bond acceptors (Lipinski definition) is 17. The molecule has 0 aromatic heterocycles. The van der Waals surface area contributed by atoms with Crippen molar-refractivity contribution in [1.82, 2.24) is 10.2 Å². The highest BCUT2D eigenvalue weighted by Crippen LogP contribution is 2.41. The van der Waals surface area contributed by atoms with Crippen LogP contribution in [0.15, 0.2) is 47.6 Å². The van der Waals surface area contributed by atoms with E-state index in [0.717, 1.165) is 5.57 Å². The predicted molar refractivity (Wildman–Crippen MR) is 373 cm³/mol. The summed E-state index contributed by atoms with van der Waals surface area (Å²) in [7, 11) is 4.49. The summed E-state index contributed by atoms with van der Waals surface area (Å²) in [4.78, 5) is 124. The van der Waals surface area contributed by atoms with E-state index in [4.69, 9.17) is 28.4 Å². The molecule has 2 saturated heterocycles. The number of methoxy groups -OCH3 is 3. The molecular formula is C68H97I3N4O17. The fourth-order valence-corrected chi connectivity index (χ4v) is 17.0. The number of nitrogens with zero attached hydrogens (tertiary/aromatic N) is 1. The van der Waals surface area contributed by atoms with Crippen molar-refractivity contribution in [3.05, 3.63) is 63.9 Å². The number of Topliss-reactive ketones (excluding diaryl/α,β-unsaturated/α-hetero) is 3. The zero-order valence-electron chi connectivity index (χ0n) is 55.4. The molecule has 3 heterocycles. The molecule has 3 aliphatic heterocycles. The first kappa shape index (κ1) is 78.7. The number of aliphatic hydroxyl groups is 2. The highest BCUT2D eigenvalue weighted by molar-refractivity contribution is 14.1. The maximum absolute atomic E-state index is 14.7. The van der Waals surface area contributed by atoms with Crippen molar-refractivity contribution in [2.45, 2.75) is 220 Å². The first-order valence-corrected chi connectivity index (χ1v) is 35.4. The number of ketones is 3. The largest absolute Gasteiger partial charge is 0.460 e. The number of halogens is 3. The Kier molecular flexibility index (Phi) is 32.0. The molecule has 5 rings (SSSR count). The van der Waals surface area contributed by atoms with Crippen molar-refractivity contribution >= 4 is 132 Å². The number of nitrogens with one attached hydrogen (secondary N) is 3. The van der Waals surface area contributed by atoms with E-state index in [0.29, 0.717) is 117 Å². The number of cyclic esters (lactones) is 1. The zero-order chi connectivity index (χ0) is 68.3. The van der Waals surface area contributed by atoms with Gasteiger partial charge >= 0.3 is 11.9 Å². The maximum atomic E-state index is 14.7. The van der Waals surface area contributed by atoms with Crippen LogP contribution in [-0.4, -0.2) is 157 Å². The summed E-state index contributed by atoms with van der Waals surface area (Å²) in [5.74, 6) is -10.1. The molecule has 24 heteroatoms. The van der Waals surface area contributed by atoms with E-state index >= 15 is 0 Å². The molecule has 1 aromatic carbocycles. The highest BCUT2D eigenvalue weighted by Gasteiger charge is 2.53. The lowest BCUT2D eigenvalue weighted by atomic mass is 9.78. The molecule has 15 atom stereocenters. The van der Waals surface area contributed by atoms with E-state index in [1.54, 1.807) is 48.0 Å². The van der Waals surface area contributed by atoms with Crippen LogP contribution >= 0.6 is 67.8 Å². The van der Waals surface area contributed by atoms with Crippen LogP contribution in [0.25, 0.3) is 0 Å². The fraction of sp³-hybridized carbons (Fsp3) is 0.662. The van der Waals surface area contributed by atoms with Gasteiger partial charge in [0.2, 0.25) is 17.6 Å². The highest BCUT2D eigenvalue weighted by atomic mass is 127. The Hall–Kier alpha value is -4.04. The number of amides is 4. The van der Waals surface area contributed by atoms with Crippen molar-refractivity contribution in [3.63, 3.8) is 0 Å². The van der Waals surface area contributed by atoms with Gasteiger partial charge in [-0.3, -0.25) is 38.4 Å². The molecular weight excluding hydrogens is 1530 g/mol. The monoisotopic (exact) mass is 1620 g/mol. The molecule has 512 valence electrons. The van der Waals surface area contributed by atoms with Crippen molar-refractivity contribution < 1.29 is 81.8 Å². The number of hydrogen-bond donors (Lipinski definition) is 5. The van der Waals surface area contributed by atoms with Gasteiger partial charge in [-0.05, 0) is 188 Å². The molecule has 3 fully saturated rings. The molecule has 21 nitrogen and oxygen atoms in total. The Bertz CT molecular complexity index is 2890. The van der Waals surface area contributed by atoms with E-state index in [1.165, 1.54) is 25.9 Å². The number of aliphatic hydroxyl groups excluding tert-OH is 1. The van der Waals surface area contributed by atoms with Gasteiger partial charge in [-0.15, -0.1) is 0 Å². The van der Waals surface area contributed by atoms with Crippen molar-refractivity contribution in [2.75, 3.05) is 45.1 Å². The quantitative estimate of drug-likeness (QED) is 0.0338. The van der Waals surface area contributed by atoms with Crippen molar-refractivity contribution in [2.24, 2.45) is 35.5 Å². The van der Waals surface area contributed by atoms with Gasteiger partial charge in [0, 0.05) is 85.3 Å². The number of unbranched alkanes of at least 4 members (excludes halogenated alkanes) is 2. The normalized spacial score (nSPS) is 31.7. The number of piperidine rings is 1. The van der Waals surface area contributed by atoms with Gasteiger partial charge in [-0.1, -0.05) is 77.5 Å². The third-order valence-corrected chi connectivity index (χ3v) is 21.5. The number of benzene rings is 1. The van der Waals surface area contributed by atoms with E-state index in [1.807, 2.05) is 119 Å². The number of anilines is 2. The van der Waals surface area contributed by atoms with Gasteiger partial charge in [0.1, 0.15) is 36.2 Å². The predicted octanol–water partition coefficient (Wildman–Crippen LogP) is 10.5. The minimum absolute atomic E-state index is 0.0180. The lowest BCUT2D eigenvalue weighted by Gasteiger charge is -2.42. The maximum Gasteiger partial charge on any atom is 0.329 e. The van der Waals surface area contributed by atoms with Crippen LogP contribution in [0.3, 0.4) is 0 Å². The lowest BCUT2D eigenvalue weighted by Crippen LogP contribution is -2.61. The number of carbonyl (C=O) groups excluding carboxylic acids is 9. The molecule has 2 bridgehead atoms. The van der Waals surface area contributed by atoms with Crippen LogP contribution in [0.2, 0.25) is 0 Å². The van der Waals surface area contributed by atoms with Crippen LogP contribution in [-0.2, 0) is 66.8 Å². The van der Waals surface area contributed by atoms with Gasteiger partial charge in [-0.25, -0.2) is 4.79 Å².